The monoisotopic (exact) mass is 388 g/mol. The molecule has 0 aromatic rings. The maximum atomic E-state index is 6.54. The molecule has 0 saturated carbocycles. The minimum absolute atomic E-state index is 1.18. The van der Waals surface area contributed by atoms with Crippen LogP contribution in [0.2, 0.25) is 8.87 Å². The molecule has 0 saturated heterocycles. The zero-order chi connectivity index (χ0) is 13.0. The Bertz CT molecular complexity index is 144. The van der Waals surface area contributed by atoms with Crippen LogP contribution in [0.5, 0.6) is 0 Å². The van der Waals surface area contributed by atoms with Crippen LogP contribution in [0.25, 0.3) is 0 Å². The molecular formula is C14H30Cl2Sn. The first kappa shape index (κ1) is 18.4. The van der Waals surface area contributed by atoms with E-state index in [9.17, 15) is 0 Å². The van der Waals surface area contributed by atoms with Crippen LogP contribution in [0.3, 0.4) is 0 Å². The van der Waals surface area contributed by atoms with Crippen molar-refractivity contribution in [3.05, 3.63) is 0 Å². The van der Waals surface area contributed by atoms with E-state index < -0.39 is 16.1 Å². The summed E-state index contributed by atoms with van der Waals surface area (Å²) in [5, 5.41) is 0. The summed E-state index contributed by atoms with van der Waals surface area (Å²) in [5.74, 6) is 0. The molecule has 17 heavy (non-hydrogen) atoms. The van der Waals surface area contributed by atoms with Crippen molar-refractivity contribution in [3.63, 3.8) is 0 Å². The molecule has 0 nitrogen and oxygen atoms in total. The fourth-order valence-corrected chi connectivity index (χ4v) is 10.8. The molecule has 0 aliphatic rings. The van der Waals surface area contributed by atoms with E-state index in [-0.39, 0.29) is 0 Å². The van der Waals surface area contributed by atoms with E-state index in [2.05, 4.69) is 13.8 Å². The van der Waals surface area contributed by atoms with Gasteiger partial charge in [-0.1, -0.05) is 0 Å². The summed E-state index contributed by atoms with van der Waals surface area (Å²) in [5.41, 5.74) is 0. The molecule has 0 atom stereocenters. The summed E-state index contributed by atoms with van der Waals surface area (Å²) in [6.07, 6.45) is 13.3. The summed E-state index contributed by atoms with van der Waals surface area (Å²) in [7, 11) is 13.1. The van der Waals surface area contributed by atoms with E-state index in [1.54, 1.807) is 0 Å². The quantitative estimate of drug-likeness (QED) is 0.254. The zero-order valence-corrected chi connectivity index (χ0v) is 16.1. The summed E-state index contributed by atoms with van der Waals surface area (Å²) < 4.78 is 2.35. The molecule has 0 radical (unpaired) electrons. The van der Waals surface area contributed by atoms with Crippen molar-refractivity contribution in [1.82, 2.24) is 0 Å². The second-order valence-electron chi connectivity index (χ2n) is 5.18. The zero-order valence-electron chi connectivity index (χ0n) is 11.7. The second kappa shape index (κ2) is 12.4. The normalized spacial score (nSPS) is 12.0. The Balaban J connectivity index is 3.38. The van der Waals surface area contributed by atoms with Crippen molar-refractivity contribution in [1.29, 1.82) is 0 Å². The van der Waals surface area contributed by atoms with Gasteiger partial charge in [0.05, 0.1) is 0 Å². The first-order valence-corrected chi connectivity index (χ1v) is 18.8. The number of hydrogen-bond acceptors (Lipinski definition) is 0. The van der Waals surface area contributed by atoms with Gasteiger partial charge < -0.3 is 0 Å². The van der Waals surface area contributed by atoms with Gasteiger partial charge in [-0.05, 0) is 0 Å². The van der Waals surface area contributed by atoms with Crippen LogP contribution in [-0.4, -0.2) is 16.1 Å². The van der Waals surface area contributed by atoms with Gasteiger partial charge in [0.25, 0.3) is 0 Å². The van der Waals surface area contributed by atoms with Crippen molar-refractivity contribution < 1.29 is 0 Å². The molecule has 0 aromatic carbocycles. The SMILES string of the molecule is CCCCCC[CH2][Sn]([Cl])([Cl])[CH2]CCCCCC. The van der Waals surface area contributed by atoms with Gasteiger partial charge in [0.1, 0.15) is 0 Å². The van der Waals surface area contributed by atoms with Gasteiger partial charge in [-0.15, -0.1) is 0 Å². The van der Waals surface area contributed by atoms with Crippen LogP contribution in [0, 0.1) is 0 Å². The molecule has 0 unspecified atom stereocenters. The summed E-state index contributed by atoms with van der Waals surface area (Å²) in [6.45, 7) is 4.51. The van der Waals surface area contributed by atoms with Crippen LogP contribution in [0.1, 0.15) is 78.1 Å². The van der Waals surface area contributed by atoms with Crippen molar-refractivity contribution in [2.24, 2.45) is 0 Å². The topological polar surface area (TPSA) is 0 Å². The average molecular weight is 388 g/mol. The number of unbranched alkanes of at least 4 members (excludes halogenated alkanes) is 8. The molecular weight excluding hydrogens is 358 g/mol. The molecule has 3 heteroatoms. The van der Waals surface area contributed by atoms with E-state index in [4.69, 9.17) is 17.8 Å². The maximum absolute atomic E-state index is 6.54. The van der Waals surface area contributed by atoms with Crippen molar-refractivity contribution >= 4 is 34.0 Å². The minimum atomic E-state index is -2.61. The molecule has 0 rings (SSSR count). The average Bonchev–Trinajstić information content (AvgIpc) is 2.28. The van der Waals surface area contributed by atoms with E-state index >= 15 is 0 Å². The molecule has 0 N–H and O–H groups in total. The number of rotatable bonds is 12. The summed E-state index contributed by atoms with van der Waals surface area (Å²) in [6, 6.07) is 0. The Kier molecular flexibility index (Phi) is 13.4. The van der Waals surface area contributed by atoms with E-state index in [0.717, 1.165) is 0 Å². The standard InChI is InChI=1S/2C7H15.2ClH.Sn/c2*1-3-5-7-6-4-2;;;/h2*1,3-7H2,2H3;2*1H;/q;;;;+2/p-2. The van der Waals surface area contributed by atoms with Crippen LogP contribution >= 0.6 is 17.8 Å². The second-order valence-corrected chi connectivity index (χ2v) is 23.9. The number of halogens is 2. The van der Waals surface area contributed by atoms with Gasteiger partial charge in [-0.3, -0.25) is 0 Å². The van der Waals surface area contributed by atoms with E-state index in [1.807, 2.05) is 0 Å². The van der Waals surface area contributed by atoms with Crippen molar-refractivity contribution in [2.45, 2.75) is 86.9 Å². The van der Waals surface area contributed by atoms with E-state index in [1.165, 1.54) is 73.1 Å². The molecule has 0 amide bonds. The van der Waals surface area contributed by atoms with Crippen LogP contribution in [-0.2, 0) is 0 Å². The first-order chi connectivity index (χ1) is 8.12. The molecule has 0 fully saturated rings. The van der Waals surface area contributed by atoms with Crippen LogP contribution < -0.4 is 0 Å². The molecule has 0 aliphatic heterocycles. The molecule has 0 bridgehead atoms. The van der Waals surface area contributed by atoms with Gasteiger partial charge in [0, 0.05) is 0 Å². The van der Waals surface area contributed by atoms with Crippen molar-refractivity contribution in [2.75, 3.05) is 0 Å². The van der Waals surface area contributed by atoms with Crippen LogP contribution in [0.4, 0.5) is 0 Å². The first-order valence-electron chi connectivity index (χ1n) is 7.50. The van der Waals surface area contributed by atoms with Gasteiger partial charge in [-0.25, -0.2) is 0 Å². The van der Waals surface area contributed by atoms with Gasteiger partial charge in [-0.2, -0.15) is 0 Å². The third kappa shape index (κ3) is 13.6. The third-order valence-electron chi connectivity index (χ3n) is 3.29. The van der Waals surface area contributed by atoms with Gasteiger partial charge in [0.15, 0.2) is 0 Å². The summed E-state index contributed by atoms with van der Waals surface area (Å²) in [4.78, 5) is 0. The third-order valence-corrected chi connectivity index (χ3v) is 14.6. The molecule has 104 valence electrons. The predicted molar refractivity (Wildman–Crippen MR) is 84.6 cm³/mol. The van der Waals surface area contributed by atoms with Gasteiger partial charge in [0.2, 0.25) is 0 Å². The Hall–Kier alpha value is 1.38. The molecule has 0 heterocycles. The molecule has 0 spiro atoms. The Labute approximate surface area is 120 Å². The van der Waals surface area contributed by atoms with E-state index in [0.29, 0.717) is 0 Å². The van der Waals surface area contributed by atoms with Gasteiger partial charge >= 0.3 is 121 Å². The Morgan fingerprint density at radius 2 is 0.941 bits per heavy atom. The Morgan fingerprint density at radius 1 is 0.588 bits per heavy atom. The molecule has 0 aromatic heterocycles. The Morgan fingerprint density at radius 3 is 1.29 bits per heavy atom. The molecule has 0 aliphatic carbocycles. The van der Waals surface area contributed by atoms with Crippen LogP contribution in [0.15, 0.2) is 0 Å². The van der Waals surface area contributed by atoms with Crippen molar-refractivity contribution in [3.8, 4) is 0 Å². The predicted octanol–water partition coefficient (Wildman–Crippen LogP) is 6.85. The number of hydrogen-bond donors (Lipinski definition) is 0. The fourth-order valence-electron chi connectivity index (χ4n) is 2.10. The summed E-state index contributed by atoms with van der Waals surface area (Å²) >= 11 is -2.61. The fraction of sp³-hybridized carbons (Fsp3) is 1.00.